The zero-order valence-electron chi connectivity index (χ0n) is 8.43. The van der Waals surface area contributed by atoms with E-state index in [9.17, 15) is 9.59 Å². The van der Waals surface area contributed by atoms with E-state index in [-0.39, 0.29) is 6.61 Å². The fourth-order valence-electron chi connectivity index (χ4n) is 1.49. The van der Waals surface area contributed by atoms with Crippen LogP contribution in [0.1, 0.15) is 5.56 Å². The average Bonchev–Trinajstić information content (AvgIpc) is 2.61. The molecule has 0 radical (unpaired) electrons. The first-order valence-electron chi connectivity index (χ1n) is 4.82. The van der Waals surface area contributed by atoms with Crippen LogP contribution in [-0.4, -0.2) is 26.5 Å². The van der Waals surface area contributed by atoms with E-state index < -0.39 is 11.4 Å². The summed E-state index contributed by atoms with van der Waals surface area (Å²) in [6.07, 6.45) is 0.554. The van der Waals surface area contributed by atoms with Crippen LogP contribution in [0.15, 0.2) is 33.9 Å². The maximum Gasteiger partial charge on any atom is 0.348 e. The Hall–Kier alpha value is -2.08. The van der Waals surface area contributed by atoms with E-state index >= 15 is 0 Å². The van der Waals surface area contributed by atoms with Crippen LogP contribution in [-0.2, 0) is 6.42 Å². The number of aromatic amines is 2. The topological polar surface area (TPSA) is 90.9 Å². The summed E-state index contributed by atoms with van der Waals surface area (Å²) in [5, 5.41) is 13.2. The molecule has 0 amide bonds. The standard InChI is InChI=1S/C10H11N3O3/c14-6-5-7-1-3-8(4-2-7)13-9(15)11-12-10(13)16/h1-4,14H,5-6H2,(H,11,15)(H,12,16). The molecule has 0 aliphatic heterocycles. The third kappa shape index (κ3) is 1.82. The Kier molecular flexibility index (Phi) is 2.74. The molecule has 0 spiro atoms. The molecule has 0 atom stereocenters. The Morgan fingerprint density at radius 1 is 1.06 bits per heavy atom. The van der Waals surface area contributed by atoms with E-state index in [0.29, 0.717) is 12.1 Å². The van der Waals surface area contributed by atoms with Gasteiger partial charge in [-0.05, 0) is 24.1 Å². The van der Waals surface area contributed by atoms with E-state index in [1.54, 1.807) is 24.3 Å². The second-order valence-electron chi connectivity index (χ2n) is 3.34. The minimum Gasteiger partial charge on any atom is -0.396 e. The molecule has 2 rings (SSSR count). The summed E-state index contributed by atoms with van der Waals surface area (Å²) in [6.45, 7) is 0.0734. The molecule has 0 unspecified atom stereocenters. The summed E-state index contributed by atoms with van der Waals surface area (Å²) in [6, 6.07) is 6.86. The Balaban J connectivity index is 2.43. The fourth-order valence-corrected chi connectivity index (χ4v) is 1.49. The van der Waals surface area contributed by atoms with Crippen LogP contribution in [0.5, 0.6) is 0 Å². The number of hydrogen-bond acceptors (Lipinski definition) is 3. The molecule has 1 aromatic carbocycles. The number of hydrogen-bond donors (Lipinski definition) is 3. The summed E-state index contributed by atoms with van der Waals surface area (Å²) < 4.78 is 1.00. The van der Waals surface area contributed by atoms with Gasteiger partial charge in [-0.25, -0.2) is 24.4 Å². The average molecular weight is 221 g/mol. The van der Waals surface area contributed by atoms with Crippen LogP contribution >= 0.6 is 0 Å². The monoisotopic (exact) mass is 221 g/mol. The molecule has 1 aromatic heterocycles. The van der Waals surface area contributed by atoms with E-state index in [1.807, 2.05) is 0 Å². The first-order valence-corrected chi connectivity index (χ1v) is 4.82. The zero-order chi connectivity index (χ0) is 11.5. The van der Waals surface area contributed by atoms with Crippen molar-refractivity contribution in [2.45, 2.75) is 6.42 Å². The van der Waals surface area contributed by atoms with Crippen molar-refractivity contribution in [2.24, 2.45) is 0 Å². The van der Waals surface area contributed by atoms with Crippen LogP contribution in [0.25, 0.3) is 5.69 Å². The summed E-state index contributed by atoms with van der Waals surface area (Å²) in [7, 11) is 0. The highest BCUT2D eigenvalue weighted by Gasteiger charge is 2.04. The van der Waals surface area contributed by atoms with Crippen LogP contribution in [0, 0.1) is 0 Å². The number of aliphatic hydroxyl groups is 1. The number of benzene rings is 1. The molecule has 6 nitrogen and oxygen atoms in total. The largest absolute Gasteiger partial charge is 0.396 e. The van der Waals surface area contributed by atoms with Gasteiger partial charge < -0.3 is 5.11 Å². The molecule has 6 heteroatoms. The summed E-state index contributed by atoms with van der Waals surface area (Å²) in [5.74, 6) is 0. The lowest BCUT2D eigenvalue weighted by Gasteiger charge is -2.01. The molecule has 1 heterocycles. The van der Waals surface area contributed by atoms with E-state index in [4.69, 9.17) is 5.11 Å². The minimum absolute atomic E-state index is 0.0734. The molecule has 3 N–H and O–H groups in total. The Bertz CT molecular complexity index is 549. The highest BCUT2D eigenvalue weighted by atomic mass is 16.3. The lowest BCUT2D eigenvalue weighted by atomic mass is 10.1. The van der Waals surface area contributed by atoms with Gasteiger partial charge in [-0.15, -0.1) is 0 Å². The molecule has 16 heavy (non-hydrogen) atoms. The number of rotatable bonds is 3. The lowest BCUT2D eigenvalue weighted by molar-refractivity contribution is 0.299. The van der Waals surface area contributed by atoms with Gasteiger partial charge in [0.15, 0.2) is 0 Å². The Labute approximate surface area is 90.2 Å². The van der Waals surface area contributed by atoms with Gasteiger partial charge in [0.1, 0.15) is 0 Å². The highest BCUT2D eigenvalue weighted by molar-refractivity contribution is 5.34. The van der Waals surface area contributed by atoms with Crippen LogP contribution in [0.3, 0.4) is 0 Å². The number of nitrogens with zero attached hydrogens (tertiary/aromatic N) is 1. The molecular formula is C10H11N3O3. The summed E-state index contributed by atoms with van der Waals surface area (Å²) in [5.41, 5.74) is 0.445. The van der Waals surface area contributed by atoms with Crippen molar-refractivity contribution >= 4 is 0 Å². The second-order valence-corrected chi connectivity index (χ2v) is 3.34. The van der Waals surface area contributed by atoms with Gasteiger partial charge in [0.25, 0.3) is 0 Å². The van der Waals surface area contributed by atoms with Gasteiger partial charge in [-0.2, -0.15) is 0 Å². The van der Waals surface area contributed by atoms with Crippen molar-refractivity contribution in [3.8, 4) is 5.69 Å². The van der Waals surface area contributed by atoms with Crippen molar-refractivity contribution in [3.05, 3.63) is 50.8 Å². The van der Waals surface area contributed by atoms with Crippen LogP contribution in [0.2, 0.25) is 0 Å². The van der Waals surface area contributed by atoms with Gasteiger partial charge in [-0.1, -0.05) is 12.1 Å². The maximum absolute atomic E-state index is 11.3. The number of nitrogens with one attached hydrogen (secondary N) is 2. The normalized spacial score (nSPS) is 10.6. The van der Waals surface area contributed by atoms with Crippen LogP contribution in [0.4, 0.5) is 0 Å². The SMILES string of the molecule is O=c1[nH][nH]c(=O)n1-c1ccc(CCO)cc1. The van der Waals surface area contributed by atoms with Crippen molar-refractivity contribution in [3.63, 3.8) is 0 Å². The first-order chi connectivity index (χ1) is 7.72. The number of H-pyrrole nitrogens is 2. The highest BCUT2D eigenvalue weighted by Crippen LogP contribution is 2.06. The molecule has 0 fully saturated rings. The smallest absolute Gasteiger partial charge is 0.348 e. The summed E-state index contributed by atoms with van der Waals surface area (Å²) in [4.78, 5) is 22.6. The third-order valence-corrected chi connectivity index (χ3v) is 2.28. The van der Waals surface area contributed by atoms with E-state index in [0.717, 1.165) is 10.1 Å². The number of aromatic nitrogens is 3. The van der Waals surface area contributed by atoms with Crippen molar-refractivity contribution in [1.29, 1.82) is 0 Å². The van der Waals surface area contributed by atoms with Gasteiger partial charge in [0.05, 0.1) is 5.69 Å². The summed E-state index contributed by atoms with van der Waals surface area (Å²) >= 11 is 0. The molecule has 0 aliphatic rings. The molecule has 0 saturated carbocycles. The van der Waals surface area contributed by atoms with Gasteiger partial charge in [0.2, 0.25) is 0 Å². The Morgan fingerprint density at radius 2 is 1.62 bits per heavy atom. The quantitative estimate of drug-likeness (QED) is 0.645. The molecule has 2 aromatic rings. The Morgan fingerprint density at radius 3 is 2.12 bits per heavy atom. The first kappa shape index (κ1) is 10.4. The van der Waals surface area contributed by atoms with Gasteiger partial charge in [-0.3, -0.25) is 0 Å². The number of aliphatic hydroxyl groups excluding tert-OH is 1. The zero-order valence-corrected chi connectivity index (χ0v) is 8.43. The van der Waals surface area contributed by atoms with Gasteiger partial charge in [0, 0.05) is 6.61 Å². The van der Waals surface area contributed by atoms with Crippen LogP contribution < -0.4 is 11.4 Å². The van der Waals surface area contributed by atoms with Crippen molar-refractivity contribution in [2.75, 3.05) is 6.61 Å². The lowest BCUT2D eigenvalue weighted by Crippen LogP contribution is -2.24. The third-order valence-electron chi connectivity index (χ3n) is 2.28. The minimum atomic E-state index is -0.500. The molecule has 0 bridgehead atoms. The molecule has 0 aliphatic carbocycles. The molecular weight excluding hydrogens is 210 g/mol. The maximum atomic E-state index is 11.3. The van der Waals surface area contributed by atoms with Gasteiger partial charge >= 0.3 is 11.4 Å². The van der Waals surface area contributed by atoms with Crippen molar-refractivity contribution < 1.29 is 5.11 Å². The van der Waals surface area contributed by atoms with Crippen molar-refractivity contribution in [1.82, 2.24) is 14.8 Å². The predicted octanol–water partition coefficient (Wildman–Crippen LogP) is -0.611. The van der Waals surface area contributed by atoms with E-state index in [2.05, 4.69) is 10.2 Å². The second kappa shape index (κ2) is 4.19. The predicted molar refractivity (Wildman–Crippen MR) is 57.8 cm³/mol. The fraction of sp³-hybridized carbons (Fsp3) is 0.200. The molecule has 84 valence electrons. The molecule has 0 saturated heterocycles. The van der Waals surface area contributed by atoms with E-state index in [1.165, 1.54) is 0 Å².